The predicted octanol–water partition coefficient (Wildman–Crippen LogP) is 4.25. The zero-order valence-electron chi connectivity index (χ0n) is 12.9. The lowest BCUT2D eigenvalue weighted by Crippen LogP contribution is -2.32. The van der Waals surface area contributed by atoms with Gasteiger partial charge in [0.25, 0.3) is 0 Å². The Morgan fingerprint density at radius 3 is 2.90 bits per heavy atom. The SMILES string of the molecule is CC(C)C1CCC(O)C(Cc2cc(Cl)cc3c2OCC3)C1. The second kappa shape index (κ2) is 6.18. The van der Waals surface area contributed by atoms with E-state index in [1.165, 1.54) is 11.1 Å². The van der Waals surface area contributed by atoms with Crippen molar-refractivity contribution in [2.45, 2.75) is 52.1 Å². The van der Waals surface area contributed by atoms with E-state index in [9.17, 15) is 5.11 Å². The van der Waals surface area contributed by atoms with Gasteiger partial charge in [0.2, 0.25) is 0 Å². The molecule has 0 aromatic heterocycles. The normalized spacial score (nSPS) is 28.5. The number of rotatable bonds is 3. The summed E-state index contributed by atoms with van der Waals surface area (Å²) in [4.78, 5) is 0. The van der Waals surface area contributed by atoms with Crippen molar-refractivity contribution in [3.05, 3.63) is 28.3 Å². The summed E-state index contributed by atoms with van der Waals surface area (Å²) < 4.78 is 5.80. The number of aliphatic hydroxyl groups excluding tert-OH is 1. The van der Waals surface area contributed by atoms with Crippen molar-refractivity contribution in [2.75, 3.05) is 6.61 Å². The molecule has 21 heavy (non-hydrogen) atoms. The van der Waals surface area contributed by atoms with Gasteiger partial charge in [0.05, 0.1) is 12.7 Å². The lowest BCUT2D eigenvalue weighted by atomic mass is 9.73. The Morgan fingerprint density at radius 1 is 1.33 bits per heavy atom. The predicted molar refractivity (Wildman–Crippen MR) is 86.0 cm³/mol. The van der Waals surface area contributed by atoms with Gasteiger partial charge in [-0.05, 0) is 66.7 Å². The van der Waals surface area contributed by atoms with E-state index in [0.717, 1.165) is 55.4 Å². The first-order valence-corrected chi connectivity index (χ1v) is 8.54. The first-order valence-electron chi connectivity index (χ1n) is 8.16. The van der Waals surface area contributed by atoms with Gasteiger partial charge < -0.3 is 9.84 Å². The smallest absolute Gasteiger partial charge is 0.125 e. The van der Waals surface area contributed by atoms with Crippen LogP contribution in [-0.2, 0) is 12.8 Å². The third kappa shape index (κ3) is 3.22. The van der Waals surface area contributed by atoms with E-state index in [2.05, 4.69) is 13.8 Å². The first kappa shape index (κ1) is 15.2. The number of hydrogen-bond donors (Lipinski definition) is 1. The molecule has 1 N–H and O–H groups in total. The van der Waals surface area contributed by atoms with Gasteiger partial charge in [0.1, 0.15) is 5.75 Å². The van der Waals surface area contributed by atoms with Crippen LogP contribution in [0.15, 0.2) is 12.1 Å². The molecule has 1 aromatic rings. The highest BCUT2D eigenvalue weighted by atomic mass is 35.5. The maximum atomic E-state index is 10.4. The van der Waals surface area contributed by atoms with Gasteiger partial charge in [-0.3, -0.25) is 0 Å². The molecule has 116 valence electrons. The fourth-order valence-corrected chi connectivity index (χ4v) is 4.15. The molecule has 0 amide bonds. The maximum absolute atomic E-state index is 10.4. The van der Waals surface area contributed by atoms with E-state index in [1.807, 2.05) is 12.1 Å². The highest BCUT2D eigenvalue weighted by Gasteiger charge is 2.32. The van der Waals surface area contributed by atoms with Gasteiger partial charge in [0.15, 0.2) is 0 Å². The quantitative estimate of drug-likeness (QED) is 0.904. The summed E-state index contributed by atoms with van der Waals surface area (Å²) in [5.41, 5.74) is 2.41. The van der Waals surface area contributed by atoms with Crippen molar-refractivity contribution in [3.63, 3.8) is 0 Å². The number of halogens is 1. The van der Waals surface area contributed by atoms with Gasteiger partial charge in [0, 0.05) is 11.4 Å². The van der Waals surface area contributed by atoms with E-state index in [-0.39, 0.29) is 6.10 Å². The van der Waals surface area contributed by atoms with Crippen LogP contribution in [0.2, 0.25) is 5.02 Å². The van der Waals surface area contributed by atoms with E-state index in [0.29, 0.717) is 11.8 Å². The standard InChI is InChI=1S/C18H25ClO2/c1-11(2)12-3-4-17(20)14(7-12)8-15-10-16(19)9-13-5-6-21-18(13)15/h9-12,14,17,20H,3-8H2,1-2H3. The molecule has 1 aromatic carbocycles. The van der Waals surface area contributed by atoms with E-state index in [1.54, 1.807) is 0 Å². The van der Waals surface area contributed by atoms with Crippen LogP contribution in [0.25, 0.3) is 0 Å². The topological polar surface area (TPSA) is 29.5 Å². The molecule has 1 fully saturated rings. The zero-order valence-corrected chi connectivity index (χ0v) is 13.7. The lowest BCUT2D eigenvalue weighted by molar-refractivity contribution is 0.0376. The van der Waals surface area contributed by atoms with Crippen LogP contribution in [0, 0.1) is 17.8 Å². The summed E-state index contributed by atoms with van der Waals surface area (Å²) in [5, 5.41) is 11.2. The number of benzene rings is 1. The van der Waals surface area contributed by atoms with Crippen LogP contribution < -0.4 is 4.74 Å². The van der Waals surface area contributed by atoms with Crippen molar-refractivity contribution in [1.29, 1.82) is 0 Å². The van der Waals surface area contributed by atoms with Crippen molar-refractivity contribution in [2.24, 2.45) is 17.8 Å². The highest BCUT2D eigenvalue weighted by molar-refractivity contribution is 6.30. The second-order valence-electron chi connectivity index (χ2n) is 7.00. The van der Waals surface area contributed by atoms with Crippen molar-refractivity contribution in [1.82, 2.24) is 0 Å². The molecular weight excluding hydrogens is 284 g/mol. The zero-order chi connectivity index (χ0) is 15.0. The monoisotopic (exact) mass is 308 g/mol. The van der Waals surface area contributed by atoms with Gasteiger partial charge in [-0.1, -0.05) is 25.4 Å². The number of fused-ring (bicyclic) bond motifs is 1. The summed E-state index contributed by atoms with van der Waals surface area (Å²) in [6, 6.07) is 4.04. The molecule has 0 spiro atoms. The van der Waals surface area contributed by atoms with Crippen LogP contribution in [0.5, 0.6) is 5.75 Å². The molecular formula is C18H25ClO2. The second-order valence-corrected chi connectivity index (χ2v) is 7.44. The lowest BCUT2D eigenvalue weighted by Gasteiger charge is -2.35. The highest BCUT2D eigenvalue weighted by Crippen LogP contribution is 2.39. The van der Waals surface area contributed by atoms with Crippen molar-refractivity contribution in [3.8, 4) is 5.75 Å². The first-order chi connectivity index (χ1) is 10.0. The van der Waals surface area contributed by atoms with Gasteiger partial charge in [-0.25, -0.2) is 0 Å². The molecule has 2 aliphatic rings. The third-order valence-electron chi connectivity index (χ3n) is 5.23. The Hall–Kier alpha value is -0.730. The number of aliphatic hydroxyl groups is 1. The summed E-state index contributed by atoms with van der Waals surface area (Å²) in [6.45, 7) is 5.34. The molecule has 1 heterocycles. The summed E-state index contributed by atoms with van der Waals surface area (Å²) >= 11 is 6.24. The minimum Gasteiger partial charge on any atom is -0.493 e. The Morgan fingerprint density at radius 2 is 2.14 bits per heavy atom. The third-order valence-corrected chi connectivity index (χ3v) is 5.45. The van der Waals surface area contributed by atoms with Crippen LogP contribution >= 0.6 is 11.6 Å². The van der Waals surface area contributed by atoms with Gasteiger partial charge >= 0.3 is 0 Å². The fourth-order valence-electron chi connectivity index (χ4n) is 3.89. The van der Waals surface area contributed by atoms with Crippen molar-refractivity contribution < 1.29 is 9.84 Å². The van der Waals surface area contributed by atoms with Crippen LogP contribution in [-0.4, -0.2) is 17.8 Å². The van der Waals surface area contributed by atoms with Crippen molar-refractivity contribution >= 4 is 11.6 Å². The largest absolute Gasteiger partial charge is 0.493 e. The van der Waals surface area contributed by atoms with Crippen LogP contribution in [0.1, 0.15) is 44.2 Å². The Kier molecular flexibility index (Phi) is 4.46. The number of hydrogen-bond acceptors (Lipinski definition) is 2. The average molecular weight is 309 g/mol. The van der Waals surface area contributed by atoms with Gasteiger partial charge in [-0.15, -0.1) is 0 Å². The molecule has 1 aliphatic carbocycles. The molecule has 3 rings (SSSR count). The minimum atomic E-state index is -0.184. The Balaban J connectivity index is 1.79. The van der Waals surface area contributed by atoms with E-state index < -0.39 is 0 Å². The molecule has 3 heteroatoms. The average Bonchev–Trinajstić information content (AvgIpc) is 2.89. The van der Waals surface area contributed by atoms with Gasteiger partial charge in [-0.2, -0.15) is 0 Å². The minimum absolute atomic E-state index is 0.184. The van der Waals surface area contributed by atoms with Crippen LogP contribution in [0.4, 0.5) is 0 Å². The summed E-state index contributed by atoms with van der Waals surface area (Å²) in [7, 11) is 0. The molecule has 1 saturated carbocycles. The van der Waals surface area contributed by atoms with Crippen LogP contribution in [0.3, 0.4) is 0 Å². The summed E-state index contributed by atoms with van der Waals surface area (Å²) in [6.07, 6.45) is 4.84. The Bertz CT molecular complexity index is 512. The molecule has 0 radical (unpaired) electrons. The molecule has 1 aliphatic heterocycles. The number of ether oxygens (including phenoxy) is 1. The van der Waals surface area contributed by atoms with E-state index >= 15 is 0 Å². The molecule has 0 bridgehead atoms. The Labute approximate surface area is 132 Å². The fraction of sp³-hybridized carbons (Fsp3) is 0.667. The molecule has 3 atom stereocenters. The molecule has 2 nitrogen and oxygen atoms in total. The van der Waals surface area contributed by atoms with E-state index in [4.69, 9.17) is 16.3 Å². The maximum Gasteiger partial charge on any atom is 0.125 e. The summed E-state index contributed by atoms with van der Waals surface area (Å²) in [5.74, 6) is 2.78. The molecule has 3 unspecified atom stereocenters. The molecule has 0 saturated heterocycles.